The molecule has 0 unspecified atom stereocenters. The molecule has 0 aromatic carbocycles. The highest BCUT2D eigenvalue weighted by Gasteiger charge is 2.34. The number of carboxylic acid groups (broad SMARTS) is 2. The molecule has 2 saturated heterocycles. The molecule has 2 heterocycles. The van der Waals surface area contributed by atoms with Crippen LogP contribution < -0.4 is 0 Å². The Balaban J connectivity index is 2.08. The summed E-state index contributed by atoms with van der Waals surface area (Å²) < 4.78 is 0.509. The SMILES string of the molecule is O=C(O)CCN1C(=O)C(=CC=C2SC(=S)N(CCC(=O)O)C2=O)SC1=S. The molecule has 2 aliphatic rings. The van der Waals surface area contributed by atoms with E-state index in [1.165, 1.54) is 22.0 Å². The smallest absolute Gasteiger partial charge is 0.305 e. The fourth-order valence-corrected chi connectivity index (χ4v) is 4.48. The van der Waals surface area contributed by atoms with Gasteiger partial charge in [0.25, 0.3) is 11.8 Å². The van der Waals surface area contributed by atoms with Gasteiger partial charge in [0.2, 0.25) is 0 Å². The van der Waals surface area contributed by atoms with Gasteiger partial charge in [-0.3, -0.25) is 29.0 Å². The lowest BCUT2D eigenvalue weighted by atomic mass is 10.3. The van der Waals surface area contributed by atoms with Crippen molar-refractivity contribution in [1.29, 1.82) is 0 Å². The molecule has 0 atom stereocenters. The number of aliphatic carboxylic acids is 2. The number of hydrogen-bond donors (Lipinski definition) is 2. The molecule has 0 aromatic heterocycles. The van der Waals surface area contributed by atoms with E-state index in [1.807, 2.05) is 0 Å². The highest BCUT2D eigenvalue weighted by Crippen LogP contribution is 2.34. The minimum atomic E-state index is -1.03. The molecule has 0 aromatic rings. The van der Waals surface area contributed by atoms with Gasteiger partial charge in [-0.1, -0.05) is 48.0 Å². The average molecular weight is 433 g/mol. The maximum absolute atomic E-state index is 12.3. The van der Waals surface area contributed by atoms with E-state index in [9.17, 15) is 19.2 Å². The molecule has 0 saturated carbocycles. The van der Waals surface area contributed by atoms with Crippen molar-refractivity contribution in [2.45, 2.75) is 12.8 Å². The summed E-state index contributed by atoms with van der Waals surface area (Å²) >= 11 is 12.2. The van der Waals surface area contributed by atoms with Crippen LogP contribution >= 0.6 is 48.0 Å². The Morgan fingerprint density at radius 2 is 1.19 bits per heavy atom. The molecule has 26 heavy (non-hydrogen) atoms. The molecule has 2 amide bonds. The number of carbonyl (C=O) groups is 4. The van der Waals surface area contributed by atoms with Crippen molar-refractivity contribution in [3.63, 3.8) is 0 Å². The molecule has 0 aliphatic carbocycles. The van der Waals surface area contributed by atoms with Crippen molar-refractivity contribution in [3.05, 3.63) is 22.0 Å². The first kappa shape index (κ1) is 20.6. The van der Waals surface area contributed by atoms with E-state index in [4.69, 9.17) is 34.6 Å². The van der Waals surface area contributed by atoms with Crippen molar-refractivity contribution < 1.29 is 29.4 Å². The number of carbonyl (C=O) groups excluding carboxylic acids is 2. The molecule has 12 heteroatoms. The van der Waals surface area contributed by atoms with Crippen LogP contribution in [0.4, 0.5) is 0 Å². The van der Waals surface area contributed by atoms with Gasteiger partial charge in [0.1, 0.15) is 8.64 Å². The number of rotatable bonds is 7. The van der Waals surface area contributed by atoms with E-state index in [0.29, 0.717) is 0 Å². The highest BCUT2D eigenvalue weighted by molar-refractivity contribution is 8.27. The number of thiocarbonyl (C=S) groups is 2. The molecule has 0 spiro atoms. The van der Waals surface area contributed by atoms with Gasteiger partial charge in [-0.25, -0.2) is 0 Å². The predicted octanol–water partition coefficient (Wildman–Crippen LogP) is 1.42. The zero-order valence-electron chi connectivity index (χ0n) is 13.0. The average Bonchev–Trinajstić information content (AvgIpc) is 2.97. The summed E-state index contributed by atoms with van der Waals surface area (Å²) in [5.74, 6) is -2.90. The lowest BCUT2D eigenvalue weighted by molar-refractivity contribution is -0.138. The summed E-state index contributed by atoms with van der Waals surface area (Å²) in [6.07, 6.45) is 2.43. The Morgan fingerprint density at radius 1 is 0.846 bits per heavy atom. The highest BCUT2D eigenvalue weighted by atomic mass is 32.2. The van der Waals surface area contributed by atoms with Crippen LogP contribution in [0.1, 0.15) is 12.8 Å². The maximum Gasteiger partial charge on any atom is 0.305 e. The number of thioether (sulfide) groups is 2. The second kappa shape index (κ2) is 8.75. The van der Waals surface area contributed by atoms with Crippen molar-refractivity contribution in [3.8, 4) is 0 Å². The van der Waals surface area contributed by atoms with Crippen molar-refractivity contribution in [1.82, 2.24) is 9.80 Å². The van der Waals surface area contributed by atoms with E-state index < -0.39 is 23.8 Å². The first-order valence-corrected chi connectivity index (χ1v) is 9.58. The summed E-state index contributed by atoms with van der Waals surface area (Å²) in [5, 5.41) is 17.4. The number of amides is 2. The summed E-state index contributed by atoms with van der Waals surface area (Å²) in [7, 11) is 0. The van der Waals surface area contributed by atoms with Crippen LogP contribution in [0, 0.1) is 0 Å². The van der Waals surface area contributed by atoms with Gasteiger partial charge in [0.05, 0.1) is 22.7 Å². The third-order valence-electron chi connectivity index (χ3n) is 3.23. The number of nitrogens with zero attached hydrogens (tertiary/aromatic N) is 2. The fraction of sp³-hybridized carbons (Fsp3) is 0.286. The molecule has 0 radical (unpaired) electrons. The van der Waals surface area contributed by atoms with Crippen LogP contribution in [0.3, 0.4) is 0 Å². The van der Waals surface area contributed by atoms with Crippen molar-refractivity contribution in [2.24, 2.45) is 0 Å². The maximum atomic E-state index is 12.3. The van der Waals surface area contributed by atoms with E-state index in [2.05, 4.69) is 0 Å². The number of allylic oxidation sites excluding steroid dienone is 2. The van der Waals surface area contributed by atoms with Gasteiger partial charge in [-0.2, -0.15) is 0 Å². The third kappa shape index (κ3) is 4.90. The minimum absolute atomic E-state index is 0.0192. The monoisotopic (exact) mass is 432 g/mol. The molecule has 2 N–H and O–H groups in total. The van der Waals surface area contributed by atoms with Gasteiger partial charge in [-0.15, -0.1) is 0 Å². The second-order valence-electron chi connectivity index (χ2n) is 5.00. The summed E-state index contributed by atoms with van der Waals surface area (Å²) in [4.78, 5) is 48.7. The number of carboxylic acids is 2. The second-order valence-corrected chi connectivity index (χ2v) is 8.35. The van der Waals surface area contributed by atoms with Gasteiger partial charge in [-0.05, 0) is 12.2 Å². The lowest BCUT2D eigenvalue weighted by Crippen LogP contribution is -2.30. The molecule has 8 nitrogen and oxygen atoms in total. The predicted molar refractivity (Wildman–Crippen MR) is 104 cm³/mol. The van der Waals surface area contributed by atoms with Crippen molar-refractivity contribution >= 4 is 80.4 Å². The Bertz CT molecular complexity index is 711. The molecule has 2 fully saturated rings. The quantitative estimate of drug-likeness (QED) is 0.452. The van der Waals surface area contributed by atoms with Crippen LogP contribution in [0.15, 0.2) is 22.0 Å². The largest absolute Gasteiger partial charge is 0.481 e. The van der Waals surface area contributed by atoms with Crippen molar-refractivity contribution in [2.75, 3.05) is 13.1 Å². The van der Waals surface area contributed by atoms with Crippen LogP contribution in [-0.4, -0.2) is 65.5 Å². The van der Waals surface area contributed by atoms with Crippen LogP contribution in [0.25, 0.3) is 0 Å². The normalized spacial score (nSPS) is 20.8. The van der Waals surface area contributed by atoms with Crippen LogP contribution in [0.5, 0.6) is 0 Å². The third-order valence-corrected chi connectivity index (χ3v) is 6.02. The Labute approximate surface area is 167 Å². The Morgan fingerprint density at radius 3 is 1.50 bits per heavy atom. The van der Waals surface area contributed by atoms with E-state index in [1.54, 1.807) is 0 Å². The summed E-state index contributed by atoms with van der Waals surface area (Å²) in [5.41, 5.74) is 0. The van der Waals surface area contributed by atoms with E-state index >= 15 is 0 Å². The van der Waals surface area contributed by atoms with Gasteiger partial charge in [0.15, 0.2) is 0 Å². The first-order valence-electron chi connectivity index (χ1n) is 7.13. The first-order chi connectivity index (χ1) is 12.2. The molecule has 2 aliphatic heterocycles. The molecule has 138 valence electrons. The van der Waals surface area contributed by atoms with E-state index in [0.717, 1.165) is 23.5 Å². The molecule has 0 bridgehead atoms. The summed E-state index contributed by atoms with van der Waals surface area (Å²) in [6.45, 7) is -0.0384. The number of hydrogen-bond acceptors (Lipinski definition) is 8. The standard InChI is InChI=1S/C14H12N2O6S4/c17-9(18)3-5-15-11(21)7(25-13(15)23)1-2-8-12(22)16(14(24)26-8)6-4-10(19)20/h1-2H,3-6H2,(H,17,18)(H,19,20). The Kier molecular flexibility index (Phi) is 6.92. The van der Waals surface area contributed by atoms with Gasteiger partial charge < -0.3 is 10.2 Å². The molecule has 2 rings (SSSR count). The van der Waals surface area contributed by atoms with E-state index in [-0.39, 0.29) is 44.4 Å². The van der Waals surface area contributed by atoms with Gasteiger partial charge in [0, 0.05) is 13.1 Å². The fourth-order valence-electron chi connectivity index (χ4n) is 1.98. The lowest BCUT2D eigenvalue weighted by Gasteiger charge is -2.12. The summed E-state index contributed by atoms with van der Waals surface area (Å²) in [6, 6.07) is 0. The topological polar surface area (TPSA) is 115 Å². The minimum Gasteiger partial charge on any atom is -0.481 e. The molecular formula is C14H12N2O6S4. The zero-order chi connectivity index (χ0) is 19.4. The zero-order valence-corrected chi connectivity index (χ0v) is 16.3. The Hall–Kier alpha value is -1.76. The van der Waals surface area contributed by atoms with Crippen LogP contribution in [-0.2, 0) is 19.2 Å². The van der Waals surface area contributed by atoms with Crippen LogP contribution in [0.2, 0.25) is 0 Å². The van der Waals surface area contributed by atoms with Gasteiger partial charge >= 0.3 is 11.9 Å². The molecular weight excluding hydrogens is 420 g/mol.